The predicted octanol–water partition coefficient (Wildman–Crippen LogP) is 2.15. The molecule has 0 spiro atoms. The third-order valence-electron chi connectivity index (χ3n) is 2.13. The molecule has 0 aromatic carbocycles. The van der Waals surface area contributed by atoms with E-state index >= 15 is 0 Å². The molecule has 0 aliphatic heterocycles. The van der Waals surface area contributed by atoms with Crippen molar-refractivity contribution >= 4 is 15.9 Å². The number of hydrogen-bond acceptors (Lipinski definition) is 3. The van der Waals surface area contributed by atoms with Crippen molar-refractivity contribution in [1.29, 1.82) is 10.5 Å². The van der Waals surface area contributed by atoms with Crippen LogP contribution >= 0.6 is 15.9 Å². The van der Waals surface area contributed by atoms with Crippen LogP contribution in [-0.2, 0) is 0 Å². The van der Waals surface area contributed by atoms with Crippen molar-refractivity contribution in [2.45, 2.75) is 19.8 Å². The van der Waals surface area contributed by atoms with E-state index in [9.17, 15) is 0 Å². The molecule has 4 heteroatoms. The van der Waals surface area contributed by atoms with E-state index in [1.807, 2.05) is 4.90 Å². The topological polar surface area (TPSA) is 50.8 Å². The van der Waals surface area contributed by atoms with E-state index < -0.39 is 0 Å². The average Bonchev–Trinajstić information content (AvgIpc) is 2.15. The van der Waals surface area contributed by atoms with Crippen LogP contribution in [0.2, 0.25) is 0 Å². The SMILES string of the molecule is CC(CCBr)CCN(CC#N)CC#N. The Kier molecular flexibility index (Phi) is 8.62. The fourth-order valence-corrected chi connectivity index (χ4v) is 1.93. The fourth-order valence-electron chi connectivity index (χ4n) is 1.15. The second-order valence-electron chi connectivity index (χ2n) is 3.40. The Balaban J connectivity index is 3.71. The molecule has 1 unspecified atom stereocenters. The molecule has 0 fully saturated rings. The lowest BCUT2D eigenvalue weighted by molar-refractivity contribution is 0.309. The molecule has 0 amide bonds. The highest BCUT2D eigenvalue weighted by molar-refractivity contribution is 9.09. The van der Waals surface area contributed by atoms with Gasteiger partial charge in [-0.15, -0.1) is 0 Å². The highest BCUT2D eigenvalue weighted by atomic mass is 79.9. The molecular weight excluding hydrogens is 242 g/mol. The molecule has 78 valence electrons. The Morgan fingerprint density at radius 1 is 1.21 bits per heavy atom. The number of alkyl halides is 1. The Labute approximate surface area is 94.4 Å². The van der Waals surface area contributed by atoms with Crippen molar-refractivity contribution in [3.8, 4) is 12.1 Å². The second-order valence-corrected chi connectivity index (χ2v) is 4.19. The van der Waals surface area contributed by atoms with Crippen LogP contribution in [0.5, 0.6) is 0 Å². The number of hydrogen-bond donors (Lipinski definition) is 0. The van der Waals surface area contributed by atoms with E-state index in [-0.39, 0.29) is 0 Å². The van der Waals surface area contributed by atoms with Crippen molar-refractivity contribution in [2.24, 2.45) is 5.92 Å². The molecule has 14 heavy (non-hydrogen) atoms. The average molecular weight is 258 g/mol. The summed E-state index contributed by atoms with van der Waals surface area (Å²) >= 11 is 3.40. The minimum atomic E-state index is 0.356. The lowest BCUT2D eigenvalue weighted by Crippen LogP contribution is -2.26. The Bertz CT molecular complexity index is 200. The summed E-state index contributed by atoms with van der Waals surface area (Å²) in [6, 6.07) is 4.15. The predicted molar refractivity (Wildman–Crippen MR) is 59.9 cm³/mol. The van der Waals surface area contributed by atoms with Gasteiger partial charge < -0.3 is 0 Å². The van der Waals surface area contributed by atoms with Gasteiger partial charge in [-0.25, -0.2) is 0 Å². The monoisotopic (exact) mass is 257 g/mol. The highest BCUT2D eigenvalue weighted by Crippen LogP contribution is 2.09. The summed E-state index contributed by atoms with van der Waals surface area (Å²) in [4.78, 5) is 1.88. The molecule has 0 saturated carbocycles. The number of rotatable bonds is 7. The summed E-state index contributed by atoms with van der Waals surface area (Å²) in [6.45, 7) is 3.75. The van der Waals surface area contributed by atoms with E-state index in [0.717, 1.165) is 24.7 Å². The van der Waals surface area contributed by atoms with Gasteiger partial charge in [-0.05, 0) is 18.8 Å². The van der Waals surface area contributed by atoms with Gasteiger partial charge in [0.15, 0.2) is 0 Å². The molecule has 1 atom stereocenters. The van der Waals surface area contributed by atoms with Gasteiger partial charge in [-0.3, -0.25) is 4.90 Å². The summed E-state index contributed by atoms with van der Waals surface area (Å²) in [5.74, 6) is 0.647. The van der Waals surface area contributed by atoms with Gasteiger partial charge in [0.05, 0.1) is 25.2 Å². The first kappa shape index (κ1) is 13.4. The van der Waals surface area contributed by atoms with E-state index in [1.165, 1.54) is 0 Å². The van der Waals surface area contributed by atoms with Crippen LogP contribution in [-0.4, -0.2) is 29.9 Å². The summed E-state index contributed by atoms with van der Waals surface area (Å²) in [5.41, 5.74) is 0. The molecule has 0 aliphatic carbocycles. The van der Waals surface area contributed by atoms with Crippen LogP contribution in [0.1, 0.15) is 19.8 Å². The first-order chi connectivity index (χ1) is 6.74. The standard InChI is InChI=1S/C10H16BrN3/c1-10(2-4-11)3-7-14(8-5-12)9-6-13/h10H,2-4,7-9H2,1H3. The number of nitrogens with zero attached hydrogens (tertiary/aromatic N) is 3. The van der Waals surface area contributed by atoms with Gasteiger partial charge in [-0.1, -0.05) is 22.9 Å². The zero-order valence-electron chi connectivity index (χ0n) is 8.54. The van der Waals surface area contributed by atoms with Gasteiger partial charge in [0.25, 0.3) is 0 Å². The molecule has 0 saturated heterocycles. The minimum absolute atomic E-state index is 0.356. The lowest BCUT2D eigenvalue weighted by atomic mass is 10.1. The zero-order chi connectivity index (χ0) is 10.8. The maximum atomic E-state index is 8.52. The molecule has 3 nitrogen and oxygen atoms in total. The van der Waals surface area contributed by atoms with E-state index in [0.29, 0.717) is 19.0 Å². The largest absolute Gasteiger partial charge is 0.277 e. The second kappa shape index (κ2) is 8.99. The smallest absolute Gasteiger partial charge is 0.0874 e. The molecule has 0 aromatic rings. The maximum absolute atomic E-state index is 8.52. The Hall–Kier alpha value is -0.580. The van der Waals surface area contributed by atoms with Gasteiger partial charge in [0.1, 0.15) is 0 Å². The minimum Gasteiger partial charge on any atom is -0.277 e. The fraction of sp³-hybridized carbons (Fsp3) is 0.800. The molecule has 0 N–H and O–H groups in total. The molecule has 0 radical (unpaired) electrons. The van der Waals surface area contributed by atoms with Crippen LogP contribution in [0.25, 0.3) is 0 Å². The molecule has 0 aromatic heterocycles. The maximum Gasteiger partial charge on any atom is 0.0874 e. The normalized spacial score (nSPS) is 12.1. The van der Waals surface area contributed by atoms with Crippen molar-refractivity contribution in [3.05, 3.63) is 0 Å². The third-order valence-corrected chi connectivity index (χ3v) is 2.59. The van der Waals surface area contributed by atoms with E-state index in [2.05, 4.69) is 35.0 Å². The van der Waals surface area contributed by atoms with Crippen LogP contribution in [0.3, 0.4) is 0 Å². The summed E-state index contributed by atoms with van der Waals surface area (Å²) in [7, 11) is 0. The summed E-state index contributed by atoms with van der Waals surface area (Å²) in [6.07, 6.45) is 2.20. The zero-order valence-corrected chi connectivity index (χ0v) is 10.1. The van der Waals surface area contributed by atoms with Crippen molar-refractivity contribution < 1.29 is 0 Å². The molecule has 0 bridgehead atoms. The van der Waals surface area contributed by atoms with Gasteiger partial charge in [0.2, 0.25) is 0 Å². The highest BCUT2D eigenvalue weighted by Gasteiger charge is 2.06. The lowest BCUT2D eigenvalue weighted by Gasteiger charge is -2.17. The third kappa shape index (κ3) is 6.88. The summed E-state index contributed by atoms with van der Waals surface area (Å²) < 4.78 is 0. The summed E-state index contributed by atoms with van der Waals surface area (Å²) in [5, 5.41) is 18.1. The van der Waals surface area contributed by atoms with Crippen LogP contribution in [0, 0.1) is 28.6 Å². The van der Waals surface area contributed by atoms with Crippen molar-refractivity contribution in [2.75, 3.05) is 25.0 Å². The molecular formula is C10H16BrN3. The molecule has 0 heterocycles. The number of halogens is 1. The molecule has 0 rings (SSSR count). The Morgan fingerprint density at radius 3 is 2.21 bits per heavy atom. The van der Waals surface area contributed by atoms with Gasteiger partial charge in [0, 0.05) is 11.9 Å². The van der Waals surface area contributed by atoms with Crippen molar-refractivity contribution in [1.82, 2.24) is 4.90 Å². The van der Waals surface area contributed by atoms with Crippen LogP contribution in [0.4, 0.5) is 0 Å². The molecule has 0 aliphatic rings. The first-order valence-electron chi connectivity index (χ1n) is 4.76. The quantitative estimate of drug-likeness (QED) is 0.519. The van der Waals surface area contributed by atoms with Crippen molar-refractivity contribution in [3.63, 3.8) is 0 Å². The van der Waals surface area contributed by atoms with Gasteiger partial charge in [-0.2, -0.15) is 10.5 Å². The van der Waals surface area contributed by atoms with E-state index in [1.54, 1.807) is 0 Å². The van der Waals surface area contributed by atoms with Crippen LogP contribution < -0.4 is 0 Å². The Morgan fingerprint density at radius 2 is 1.79 bits per heavy atom. The van der Waals surface area contributed by atoms with Crippen LogP contribution in [0.15, 0.2) is 0 Å². The first-order valence-corrected chi connectivity index (χ1v) is 5.89. The van der Waals surface area contributed by atoms with E-state index in [4.69, 9.17) is 10.5 Å². The number of nitriles is 2. The van der Waals surface area contributed by atoms with Gasteiger partial charge >= 0.3 is 0 Å².